The number of benzene rings is 1. The van der Waals surface area contributed by atoms with Gasteiger partial charge in [-0.15, -0.1) is 0 Å². The van der Waals surface area contributed by atoms with E-state index in [2.05, 4.69) is 4.98 Å². The number of hydrogen-bond donors (Lipinski definition) is 0. The van der Waals surface area contributed by atoms with E-state index >= 15 is 0 Å². The number of carbonyl (C=O) groups excluding carboxylic acids is 1. The minimum Gasteiger partial charge on any atom is -0.332 e. The lowest BCUT2D eigenvalue weighted by molar-refractivity contribution is 0.0690. The molecule has 0 radical (unpaired) electrons. The Bertz CT molecular complexity index is 942. The van der Waals surface area contributed by atoms with E-state index in [-0.39, 0.29) is 18.0 Å². The Morgan fingerprint density at radius 1 is 1.33 bits per heavy atom. The molecule has 1 aromatic carbocycles. The largest absolute Gasteiger partial charge is 0.332 e. The molecule has 0 spiro atoms. The first kappa shape index (κ1) is 19.4. The van der Waals surface area contributed by atoms with Gasteiger partial charge < -0.3 is 4.90 Å². The quantitative estimate of drug-likeness (QED) is 0.791. The standard InChI is InChI=1S/C20H25N3O3S/c1-14(2)22(13-16-6-5-9-21-12-16)20(24)17-7-8-19-18(11-17)10-15(3)23(19)27(4,25)26/h5-9,11-12,14-15H,10,13H2,1-4H3/t15-/m1/s1. The van der Waals surface area contributed by atoms with Crippen LogP contribution in [0.3, 0.4) is 0 Å². The van der Waals surface area contributed by atoms with E-state index in [4.69, 9.17) is 0 Å². The van der Waals surface area contributed by atoms with Gasteiger partial charge in [0, 0.05) is 36.6 Å². The van der Waals surface area contributed by atoms with Crippen LogP contribution in [0, 0.1) is 0 Å². The summed E-state index contributed by atoms with van der Waals surface area (Å²) in [5.74, 6) is -0.0675. The molecule has 0 saturated heterocycles. The molecule has 6 nitrogen and oxygen atoms in total. The number of pyridine rings is 1. The van der Waals surface area contributed by atoms with Crippen LogP contribution in [0.25, 0.3) is 0 Å². The van der Waals surface area contributed by atoms with Crippen molar-refractivity contribution < 1.29 is 13.2 Å². The van der Waals surface area contributed by atoms with Crippen molar-refractivity contribution in [3.63, 3.8) is 0 Å². The van der Waals surface area contributed by atoms with Gasteiger partial charge in [0.2, 0.25) is 10.0 Å². The zero-order chi connectivity index (χ0) is 19.8. The van der Waals surface area contributed by atoms with E-state index in [0.29, 0.717) is 24.2 Å². The van der Waals surface area contributed by atoms with Crippen molar-refractivity contribution in [1.29, 1.82) is 0 Å². The number of sulfonamides is 1. The molecule has 0 N–H and O–H groups in total. The van der Waals surface area contributed by atoms with Crippen molar-refractivity contribution >= 4 is 21.6 Å². The number of aromatic nitrogens is 1. The Labute approximate surface area is 160 Å². The Morgan fingerprint density at radius 3 is 2.67 bits per heavy atom. The molecule has 144 valence electrons. The van der Waals surface area contributed by atoms with Gasteiger partial charge in [-0.1, -0.05) is 6.07 Å². The molecule has 2 heterocycles. The first-order valence-corrected chi connectivity index (χ1v) is 10.9. The average molecular weight is 388 g/mol. The molecule has 0 unspecified atom stereocenters. The summed E-state index contributed by atoms with van der Waals surface area (Å²) in [6.45, 7) is 6.32. The molecule has 0 fully saturated rings. The topological polar surface area (TPSA) is 70.6 Å². The van der Waals surface area contributed by atoms with Crippen molar-refractivity contribution in [3.8, 4) is 0 Å². The maximum atomic E-state index is 13.1. The first-order chi connectivity index (χ1) is 12.7. The lowest BCUT2D eigenvalue weighted by Gasteiger charge is -2.27. The number of amides is 1. The predicted molar refractivity (Wildman–Crippen MR) is 106 cm³/mol. The van der Waals surface area contributed by atoms with Gasteiger partial charge in [0.15, 0.2) is 0 Å². The van der Waals surface area contributed by atoms with E-state index in [0.717, 1.165) is 11.1 Å². The average Bonchev–Trinajstić information content (AvgIpc) is 2.94. The van der Waals surface area contributed by atoms with Crippen LogP contribution in [0.4, 0.5) is 5.69 Å². The van der Waals surface area contributed by atoms with Gasteiger partial charge in [-0.2, -0.15) is 0 Å². The minimum absolute atomic E-state index is 0.0254. The Morgan fingerprint density at radius 2 is 2.07 bits per heavy atom. The second kappa shape index (κ2) is 7.31. The second-order valence-electron chi connectivity index (χ2n) is 7.34. The molecular weight excluding hydrogens is 362 g/mol. The van der Waals surface area contributed by atoms with E-state index in [9.17, 15) is 13.2 Å². The summed E-state index contributed by atoms with van der Waals surface area (Å²) in [4.78, 5) is 19.0. The van der Waals surface area contributed by atoms with Crippen molar-refractivity contribution in [1.82, 2.24) is 9.88 Å². The molecule has 3 rings (SSSR count). The fourth-order valence-electron chi connectivity index (χ4n) is 3.58. The molecule has 0 aliphatic carbocycles. The second-order valence-corrected chi connectivity index (χ2v) is 9.20. The lowest BCUT2D eigenvalue weighted by Crippen LogP contribution is -2.36. The third-order valence-electron chi connectivity index (χ3n) is 4.80. The Balaban J connectivity index is 1.90. The molecular formula is C20H25N3O3S. The summed E-state index contributed by atoms with van der Waals surface area (Å²) in [6.07, 6.45) is 5.29. The number of nitrogens with zero attached hydrogens (tertiary/aromatic N) is 3. The van der Waals surface area contributed by atoms with Crippen LogP contribution >= 0.6 is 0 Å². The van der Waals surface area contributed by atoms with Crippen LogP contribution in [-0.2, 0) is 23.0 Å². The molecule has 1 aliphatic rings. The van der Waals surface area contributed by atoms with E-state index in [1.165, 1.54) is 10.6 Å². The normalized spacial score (nSPS) is 16.5. The van der Waals surface area contributed by atoms with Gasteiger partial charge in [-0.3, -0.25) is 14.1 Å². The van der Waals surface area contributed by atoms with Crippen molar-refractivity contribution in [2.75, 3.05) is 10.6 Å². The fraction of sp³-hybridized carbons (Fsp3) is 0.400. The zero-order valence-corrected chi connectivity index (χ0v) is 16.9. The highest BCUT2D eigenvalue weighted by Gasteiger charge is 2.33. The smallest absolute Gasteiger partial charge is 0.254 e. The fourth-order valence-corrected chi connectivity index (χ4v) is 4.85. The van der Waals surface area contributed by atoms with Crippen LogP contribution in [-0.4, -0.2) is 42.5 Å². The van der Waals surface area contributed by atoms with Gasteiger partial charge in [0.05, 0.1) is 11.9 Å². The van der Waals surface area contributed by atoms with Crippen LogP contribution in [0.15, 0.2) is 42.7 Å². The molecule has 27 heavy (non-hydrogen) atoms. The van der Waals surface area contributed by atoms with Crippen molar-refractivity contribution in [3.05, 3.63) is 59.4 Å². The summed E-state index contributed by atoms with van der Waals surface area (Å²) in [5.41, 5.74) is 3.11. The monoisotopic (exact) mass is 387 g/mol. The predicted octanol–water partition coefficient (Wildman–Crippen LogP) is 2.84. The number of rotatable bonds is 5. The molecule has 0 saturated carbocycles. The van der Waals surface area contributed by atoms with E-state index in [1.807, 2.05) is 39.0 Å². The van der Waals surface area contributed by atoms with Crippen LogP contribution < -0.4 is 4.31 Å². The van der Waals surface area contributed by atoms with Crippen molar-refractivity contribution in [2.45, 2.75) is 45.8 Å². The van der Waals surface area contributed by atoms with Crippen LogP contribution in [0.5, 0.6) is 0 Å². The summed E-state index contributed by atoms with van der Waals surface area (Å²) in [6, 6.07) is 8.98. The number of fused-ring (bicyclic) bond motifs is 1. The van der Waals surface area contributed by atoms with Crippen LogP contribution in [0.2, 0.25) is 0 Å². The molecule has 1 amide bonds. The molecule has 1 atom stereocenters. The summed E-state index contributed by atoms with van der Waals surface area (Å²) in [5, 5.41) is 0. The number of hydrogen-bond acceptors (Lipinski definition) is 4. The third kappa shape index (κ3) is 3.98. The Hall–Kier alpha value is -2.41. The summed E-state index contributed by atoms with van der Waals surface area (Å²) < 4.78 is 25.6. The van der Waals surface area contributed by atoms with Gasteiger partial charge in [0.1, 0.15) is 0 Å². The zero-order valence-electron chi connectivity index (χ0n) is 16.1. The van der Waals surface area contributed by atoms with Gasteiger partial charge in [-0.05, 0) is 62.6 Å². The maximum absolute atomic E-state index is 13.1. The number of anilines is 1. The van der Waals surface area contributed by atoms with E-state index in [1.54, 1.807) is 29.4 Å². The third-order valence-corrected chi connectivity index (χ3v) is 6.07. The summed E-state index contributed by atoms with van der Waals surface area (Å²) >= 11 is 0. The number of carbonyl (C=O) groups is 1. The maximum Gasteiger partial charge on any atom is 0.254 e. The van der Waals surface area contributed by atoms with Gasteiger partial charge in [-0.25, -0.2) is 8.42 Å². The van der Waals surface area contributed by atoms with Gasteiger partial charge >= 0.3 is 0 Å². The SMILES string of the molecule is CC(C)N(Cc1cccnc1)C(=O)c1ccc2c(c1)C[C@@H](C)N2S(C)(=O)=O. The minimum atomic E-state index is -3.34. The van der Waals surface area contributed by atoms with Crippen LogP contribution in [0.1, 0.15) is 42.3 Å². The molecule has 0 bridgehead atoms. The molecule has 2 aromatic rings. The molecule has 7 heteroatoms. The molecule has 1 aromatic heterocycles. The van der Waals surface area contributed by atoms with Gasteiger partial charge in [0.25, 0.3) is 5.91 Å². The first-order valence-electron chi connectivity index (χ1n) is 9.00. The molecule has 1 aliphatic heterocycles. The van der Waals surface area contributed by atoms with Crippen molar-refractivity contribution in [2.24, 2.45) is 0 Å². The van der Waals surface area contributed by atoms with E-state index < -0.39 is 10.0 Å². The highest BCUT2D eigenvalue weighted by Crippen LogP contribution is 2.35. The highest BCUT2D eigenvalue weighted by atomic mass is 32.2. The highest BCUT2D eigenvalue weighted by molar-refractivity contribution is 7.92. The summed E-state index contributed by atoms with van der Waals surface area (Å²) in [7, 11) is -3.34. The Kier molecular flexibility index (Phi) is 5.24. The lowest BCUT2D eigenvalue weighted by atomic mass is 10.1.